The highest BCUT2D eigenvalue weighted by atomic mass is 16.3. The number of rotatable bonds is 4. The summed E-state index contributed by atoms with van der Waals surface area (Å²) in [6.07, 6.45) is 3.64. The second kappa shape index (κ2) is 9.82. The van der Waals surface area contributed by atoms with E-state index in [4.69, 9.17) is 8.83 Å². The number of fused-ring (bicyclic) bond motifs is 6. The molecule has 0 unspecified atom stereocenters. The summed E-state index contributed by atoms with van der Waals surface area (Å²) in [5.41, 5.74) is 13.0. The Hall–Kier alpha value is -5.93. The minimum atomic E-state index is 0.859. The molecule has 0 radical (unpaired) electrons. The van der Waals surface area contributed by atoms with Gasteiger partial charge in [-0.15, -0.1) is 0 Å². The topological polar surface area (TPSA) is 39.2 Å². The lowest BCUT2D eigenvalue weighted by atomic mass is 9.94. The van der Waals surface area contributed by atoms with E-state index in [1.54, 1.807) is 6.20 Å². The van der Waals surface area contributed by atoms with Crippen LogP contribution in [0.4, 0.5) is 0 Å². The summed E-state index contributed by atoms with van der Waals surface area (Å²) in [6.45, 7) is 0. The molecule has 0 amide bonds. The zero-order valence-electron chi connectivity index (χ0n) is 23.7. The molecule has 9 aromatic rings. The first-order valence-corrected chi connectivity index (χ1v) is 14.8. The summed E-state index contributed by atoms with van der Waals surface area (Å²) < 4.78 is 12.1. The number of hydrogen-bond donors (Lipinski definition) is 0. The summed E-state index contributed by atoms with van der Waals surface area (Å²) in [5.74, 6) is 0. The predicted molar refractivity (Wildman–Crippen MR) is 181 cm³/mol. The third-order valence-corrected chi connectivity index (χ3v) is 8.57. The number of benzene rings is 6. The van der Waals surface area contributed by atoms with E-state index in [1.165, 1.54) is 33.4 Å². The molecule has 0 aliphatic heterocycles. The monoisotopic (exact) mass is 563 g/mol. The van der Waals surface area contributed by atoms with Crippen LogP contribution in [0.25, 0.3) is 88.4 Å². The zero-order valence-corrected chi connectivity index (χ0v) is 23.7. The Bertz CT molecular complexity index is 2340. The molecular weight excluding hydrogens is 538 g/mol. The molecule has 44 heavy (non-hydrogen) atoms. The zero-order chi connectivity index (χ0) is 29.0. The summed E-state index contributed by atoms with van der Waals surface area (Å²) in [7, 11) is 0. The maximum Gasteiger partial charge on any atom is 0.138 e. The molecular formula is C41H25NO2. The van der Waals surface area contributed by atoms with Crippen LogP contribution in [-0.2, 0) is 0 Å². The van der Waals surface area contributed by atoms with E-state index in [9.17, 15) is 0 Å². The Morgan fingerprint density at radius 2 is 0.750 bits per heavy atom. The molecule has 0 spiro atoms. The van der Waals surface area contributed by atoms with E-state index in [2.05, 4.69) is 126 Å². The van der Waals surface area contributed by atoms with Gasteiger partial charge in [0.1, 0.15) is 22.3 Å². The van der Waals surface area contributed by atoms with E-state index < -0.39 is 0 Å². The molecule has 0 aliphatic rings. The maximum absolute atomic E-state index is 6.05. The van der Waals surface area contributed by atoms with Gasteiger partial charge < -0.3 is 8.83 Å². The van der Waals surface area contributed by atoms with Gasteiger partial charge in [-0.1, -0.05) is 84.9 Å². The van der Waals surface area contributed by atoms with E-state index >= 15 is 0 Å². The highest BCUT2D eigenvalue weighted by Crippen LogP contribution is 2.36. The van der Waals surface area contributed by atoms with Gasteiger partial charge in [-0.2, -0.15) is 0 Å². The van der Waals surface area contributed by atoms with Gasteiger partial charge in [0.2, 0.25) is 0 Å². The van der Waals surface area contributed by atoms with Crippen LogP contribution in [0.5, 0.6) is 0 Å². The van der Waals surface area contributed by atoms with Crippen molar-refractivity contribution in [2.45, 2.75) is 0 Å². The van der Waals surface area contributed by atoms with E-state index in [0.29, 0.717) is 0 Å². The van der Waals surface area contributed by atoms with Crippen LogP contribution >= 0.6 is 0 Å². The molecule has 0 saturated heterocycles. The fraction of sp³-hybridized carbons (Fsp3) is 0. The first-order chi connectivity index (χ1) is 21.8. The summed E-state index contributed by atoms with van der Waals surface area (Å²) in [5, 5.41) is 4.40. The lowest BCUT2D eigenvalue weighted by Crippen LogP contribution is -1.85. The van der Waals surface area contributed by atoms with Crippen molar-refractivity contribution in [2.75, 3.05) is 0 Å². The number of hydrogen-bond acceptors (Lipinski definition) is 3. The Morgan fingerprint density at radius 1 is 0.318 bits per heavy atom. The normalized spacial score (nSPS) is 11.6. The maximum atomic E-state index is 6.05. The predicted octanol–water partition coefficient (Wildman–Crippen LogP) is 11.5. The summed E-state index contributed by atoms with van der Waals surface area (Å²) in [4.78, 5) is 4.30. The first-order valence-electron chi connectivity index (χ1n) is 14.8. The fourth-order valence-electron chi connectivity index (χ4n) is 6.34. The van der Waals surface area contributed by atoms with Crippen molar-refractivity contribution < 1.29 is 8.83 Å². The minimum Gasteiger partial charge on any atom is -0.456 e. The summed E-state index contributed by atoms with van der Waals surface area (Å²) in [6, 6.07) is 49.3. The van der Waals surface area contributed by atoms with Gasteiger partial charge in [0, 0.05) is 33.9 Å². The standard InChI is InChI=1S/C41H25NO2/c1-2-13-38-34(12-1)35-23-32(14-16-39(35)43-38)30-10-4-8-28(21-30)26-6-3-7-27(20-26)29-9-5-11-31(22-29)33-15-17-40-36(24-33)37-25-42-19-18-41(37)44-40/h1-25H. The average Bonchev–Trinajstić information content (AvgIpc) is 3.66. The number of furan rings is 2. The van der Waals surface area contributed by atoms with Crippen molar-refractivity contribution in [1.82, 2.24) is 4.98 Å². The van der Waals surface area contributed by atoms with E-state index in [-0.39, 0.29) is 0 Å². The van der Waals surface area contributed by atoms with Crippen LogP contribution in [0.15, 0.2) is 161 Å². The molecule has 9 rings (SSSR count). The van der Waals surface area contributed by atoms with Gasteiger partial charge in [0.05, 0.1) is 0 Å². The van der Waals surface area contributed by atoms with Crippen LogP contribution in [0.2, 0.25) is 0 Å². The Kier molecular flexibility index (Phi) is 5.50. The molecule has 0 atom stereocenters. The van der Waals surface area contributed by atoms with Gasteiger partial charge in [-0.25, -0.2) is 0 Å². The van der Waals surface area contributed by atoms with Crippen LogP contribution in [0.1, 0.15) is 0 Å². The third kappa shape index (κ3) is 4.10. The average molecular weight is 564 g/mol. The van der Waals surface area contributed by atoms with Gasteiger partial charge in [0.25, 0.3) is 0 Å². The third-order valence-electron chi connectivity index (χ3n) is 8.57. The smallest absolute Gasteiger partial charge is 0.138 e. The van der Waals surface area contributed by atoms with E-state index in [0.717, 1.165) is 55.0 Å². The molecule has 0 N–H and O–H groups in total. The largest absolute Gasteiger partial charge is 0.456 e. The Labute approximate surface area is 253 Å². The van der Waals surface area contributed by atoms with Gasteiger partial charge in [-0.3, -0.25) is 4.98 Å². The first kappa shape index (κ1) is 24.6. The quantitative estimate of drug-likeness (QED) is 0.214. The lowest BCUT2D eigenvalue weighted by molar-refractivity contribution is 0.668. The van der Waals surface area contributed by atoms with Crippen LogP contribution in [0, 0.1) is 0 Å². The van der Waals surface area contributed by atoms with Crippen molar-refractivity contribution in [3.05, 3.63) is 152 Å². The van der Waals surface area contributed by atoms with Crippen molar-refractivity contribution in [1.29, 1.82) is 0 Å². The highest BCUT2D eigenvalue weighted by Gasteiger charge is 2.11. The molecule has 3 heterocycles. The molecule has 6 aromatic carbocycles. The molecule has 206 valence electrons. The van der Waals surface area contributed by atoms with Crippen LogP contribution < -0.4 is 0 Å². The Balaban J connectivity index is 1.07. The van der Waals surface area contributed by atoms with Crippen LogP contribution in [-0.4, -0.2) is 4.98 Å². The Morgan fingerprint density at radius 3 is 1.30 bits per heavy atom. The van der Waals surface area contributed by atoms with Crippen molar-refractivity contribution in [3.8, 4) is 44.5 Å². The van der Waals surface area contributed by atoms with E-state index in [1.807, 2.05) is 24.4 Å². The molecule has 3 nitrogen and oxygen atoms in total. The van der Waals surface area contributed by atoms with Gasteiger partial charge in [-0.05, 0) is 99.1 Å². The number of para-hydroxylation sites is 1. The molecule has 0 fully saturated rings. The van der Waals surface area contributed by atoms with Crippen molar-refractivity contribution in [2.24, 2.45) is 0 Å². The van der Waals surface area contributed by atoms with Gasteiger partial charge in [0.15, 0.2) is 0 Å². The van der Waals surface area contributed by atoms with Crippen molar-refractivity contribution >= 4 is 43.9 Å². The minimum absolute atomic E-state index is 0.859. The van der Waals surface area contributed by atoms with Crippen molar-refractivity contribution in [3.63, 3.8) is 0 Å². The molecule has 3 aromatic heterocycles. The lowest BCUT2D eigenvalue weighted by Gasteiger charge is -2.10. The summed E-state index contributed by atoms with van der Waals surface area (Å²) >= 11 is 0. The van der Waals surface area contributed by atoms with Gasteiger partial charge >= 0.3 is 0 Å². The fourth-order valence-corrected chi connectivity index (χ4v) is 6.34. The highest BCUT2D eigenvalue weighted by molar-refractivity contribution is 6.07. The molecule has 0 saturated carbocycles. The molecule has 0 bridgehead atoms. The number of aromatic nitrogens is 1. The molecule has 0 aliphatic carbocycles. The number of nitrogens with zero attached hydrogens (tertiary/aromatic N) is 1. The second-order valence-electron chi connectivity index (χ2n) is 11.2. The second-order valence-corrected chi connectivity index (χ2v) is 11.2. The molecule has 3 heteroatoms. The van der Waals surface area contributed by atoms with Crippen LogP contribution in [0.3, 0.4) is 0 Å². The number of pyridine rings is 1. The SMILES string of the molecule is c1cc(-c2cccc(-c3ccc4oc5ccccc5c4c3)c2)cc(-c2cccc(-c3ccc4oc5ccncc5c4c3)c2)c1.